The second kappa shape index (κ2) is 9.20. The summed E-state index contributed by atoms with van der Waals surface area (Å²) in [6.45, 7) is 5.66. The predicted octanol–water partition coefficient (Wildman–Crippen LogP) is 2.37. The van der Waals surface area contributed by atoms with Gasteiger partial charge in [-0.2, -0.15) is 0 Å². The van der Waals surface area contributed by atoms with E-state index in [1.807, 2.05) is 11.9 Å². The third-order valence-corrected chi connectivity index (χ3v) is 5.53. The van der Waals surface area contributed by atoms with Crippen LogP contribution in [0.2, 0.25) is 0 Å². The molecule has 1 atom stereocenters. The van der Waals surface area contributed by atoms with Crippen LogP contribution in [0.1, 0.15) is 24.8 Å². The lowest BCUT2D eigenvalue weighted by molar-refractivity contribution is 0.0525. The number of ether oxygens (including phenoxy) is 1. The van der Waals surface area contributed by atoms with E-state index in [0.717, 1.165) is 58.7 Å². The molecular formula is C20H31N3O2. The highest BCUT2D eigenvalue weighted by atomic mass is 16.5. The van der Waals surface area contributed by atoms with Crippen LogP contribution in [0.25, 0.3) is 0 Å². The van der Waals surface area contributed by atoms with Crippen LogP contribution in [0.5, 0.6) is 0 Å². The van der Waals surface area contributed by atoms with Crippen LogP contribution < -0.4 is 5.32 Å². The molecule has 0 radical (unpaired) electrons. The van der Waals surface area contributed by atoms with E-state index >= 15 is 0 Å². The molecule has 2 saturated heterocycles. The van der Waals surface area contributed by atoms with Crippen molar-refractivity contribution in [3.05, 3.63) is 35.9 Å². The van der Waals surface area contributed by atoms with Gasteiger partial charge in [-0.3, -0.25) is 0 Å². The highest BCUT2D eigenvalue weighted by molar-refractivity contribution is 5.74. The number of likely N-dealkylation sites (tertiary alicyclic amines) is 1. The summed E-state index contributed by atoms with van der Waals surface area (Å²) in [6, 6.07) is 11.0. The summed E-state index contributed by atoms with van der Waals surface area (Å²) < 4.78 is 5.37. The highest BCUT2D eigenvalue weighted by Gasteiger charge is 2.25. The van der Waals surface area contributed by atoms with Crippen molar-refractivity contribution in [1.82, 2.24) is 15.1 Å². The number of nitrogens with one attached hydrogen (secondary N) is 1. The Bertz CT molecular complexity index is 531. The maximum atomic E-state index is 12.4. The van der Waals surface area contributed by atoms with Crippen molar-refractivity contribution >= 4 is 6.03 Å². The first-order chi connectivity index (χ1) is 12.2. The van der Waals surface area contributed by atoms with Crippen molar-refractivity contribution < 1.29 is 9.53 Å². The molecule has 2 amide bonds. The summed E-state index contributed by atoms with van der Waals surface area (Å²) >= 11 is 0. The third-order valence-electron chi connectivity index (χ3n) is 5.53. The van der Waals surface area contributed by atoms with Crippen molar-refractivity contribution in [3.63, 3.8) is 0 Å². The van der Waals surface area contributed by atoms with Crippen LogP contribution in [-0.2, 0) is 11.2 Å². The second-order valence-electron chi connectivity index (χ2n) is 7.33. The van der Waals surface area contributed by atoms with Gasteiger partial charge in [-0.05, 0) is 43.7 Å². The van der Waals surface area contributed by atoms with Gasteiger partial charge in [0.15, 0.2) is 0 Å². The standard InChI is InChI=1S/C20H31N3O2/c1-22(19-9-13-25-14-10-19)20(24)21-15-18-8-12-23(16-18)11-7-17-5-3-2-4-6-17/h2-6,18-19H,7-16H2,1H3,(H,21,24). The summed E-state index contributed by atoms with van der Waals surface area (Å²) in [5.74, 6) is 0.572. The molecule has 1 N–H and O–H groups in total. The topological polar surface area (TPSA) is 44.8 Å². The fourth-order valence-corrected chi connectivity index (χ4v) is 3.81. The van der Waals surface area contributed by atoms with Gasteiger partial charge in [0.2, 0.25) is 0 Å². The SMILES string of the molecule is CN(C(=O)NCC1CCN(CCc2ccccc2)C1)C1CCOCC1. The minimum absolute atomic E-state index is 0.0645. The molecule has 5 heteroatoms. The van der Waals surface area contributed by atoms with E-state index < -0.39 is 0 Å². The molecule has 1 unspecified atom stereocenters. The van der Waals surface area contributed by atoms with Crippen LogP contribution in [0, 0.1) is 5.92 Å². The molecule has 1 aromatic carbocycles. The molecule has 2 aliphatic heterocycles. The van der Waals surface area contributed by atoms with Crippen molar-refractivity contribution in [1.29, 1.82) is 0 Å². The van der Waals surface area contributed by atoms with Crippen molar-refractivity contribution in [2.45, 2.75) is 31.7 Å². The molecule has 0 saturated carbocycles. The molecule has 1 aromatic rings. The Balaban J connectivity index is 1.34. The average molecular weight is 345 g/mol. The number of hydrogen-bond donors (Lipinski definition) is 1. The smallest absolute Gasteiger partial charge is 0.317 e. The zero-order valence-corrected chi connectivity index (χ0v) is 15.3. The van der Waals surface area contributed by atoms with Gasteiger partial charge in [0.25, 0.3) is 0 Å². The number of benzene rings is 1. The lowest BCUT2D eigenvalue weighted by Gasteiger charge is -2.31. The van der Waals surface area contributed by atoms with Gasteiger partial charge in [0, 0.05) is 45.9 Å². The molecular weight excluding hydrogens is 314 g/mol. The van der Waals surface area contributed by atoms with E-state index in [1.54, 1.807) is 0 Å². The molecule has 5 nitrogen and oxygen atoms in total. The van der Waals surface area contributed by atoms with E-state index in [0.29, 0.717) is 12.0 Å². The average Bonchev–Trinajstić information content (AvgIpc) is 3.13. The number of urea groups is 1. The number of carbonyl (C=O) groups is 1. The van der Waals surface area contributed by atoms with E-state index in [2.05, 4.69) is 40.5 Å². The van der Waals surface area contributed by atoms with Gasteiger partial charge < -0.3 is 19.9 Å². The van der Waals surface area contributed by atoms with Crippen molar-refractivity contribution in [3.8, 4) is 0 Å². The number of hydrogen-bond acceptors (Lipinski definition) is 3. The lowest BCUT2D eigenvalue weighted by Crippen LogP contribution is -2.47. The molecule has 0 aromatic heterocycles. The monoisotopic (exact) mass is 345 g/mol. The number of nitrogens with zero attached hydrogens (tertiary/aromatic N) is 2. The maximum absolute atomic E-state index is 12.4. The van der Waals surface area contributed by atoms with Crippen LogP contribution in [0.3, 0.4) is 0 Å². The van der Waals surface area contributed by atoms with Crippen LogP contribution in [0.4, 0.5) is 4.79 Å². The Morgan fingerprint density at radius 2 is 2.00 bits per heavy atom. The Morgan fingerprint density at radius 3 is 2.76 bits per heavy atom. The molecule has 2 heterocycles. The van der Waals surface area contributed by atoms with Crippen LogP contribution in [0.15, 0.2) is 30.3 Å². The largest absolute Gasteiger partial charge is 0.381 e. The number of rotatable bonds is 6. The van der Waals surface area contributed by atoms with Gasteiger partial charge in [-0.25, -0.2) is 4.79 Å². The van der Waals surface area contributed by atoms with Crippen molar-refractivity contribution in [2.75, 3.05) is 46.4 Å². The first-order valence-corrected chi connectivity index (χ1v) is 9.57. The molecule has 0 bridgehead atoms. The molecule has 0 aliphatic carbocycles. The summed E-state index contributed by atoms with van der Waals surface area (Å²) in [4.78, 5) is 16.7. The maximum Gasteiger partial charge on any atom is 0.317 e. The summed E-state index contributed by atoms with van der Waals surface area (Å²) in [5, 5.41) is 3.14. The molecule has 0 spiro atoms. The van der Waals surface area contributed by atoms with E-state index in [4.69, 9.17) is 4.74 Å². The van der Waals surface area contributed by atoms with E-state index in [1.165, 1.54) is 12.0 Å². The molecule has 2 aliphatic rings. The Hall–Kier alpha value is -1.59. The second-order valence-corrected chi connectivity index (χ2v) is 7.33. The minimum atomic E-state index is 0.0645. The van der Waals surface area contributed by atoms with Crippen LogP contribution in [-0.4, -0.2) is 68.3 Å². The van der Waals surface area contributed by atoms with Crippen LogP contribution >= 0.6 is 0 Å². The molecule has 25 heavy (non-hydrogen) atoms. The minimum Gasteiger partial charge on any atom is -0.381 e. The third kappa shape index (κ3) is 5.44. The summed E-state index contributed by atoms with van der Waals surface area (Å²) in [7, 11) is 1.91. The first kappa shape index (κ1) is 18.2. The van der Waals surface area contributed by atoms with Gasteiger partial charge >= 0.3 is 6.03 Å². The van der Waals surface area contributed by atoms with Gasteiger partial charge in [0.1, 0.15) is 0 Å². The number of amides is 2. The highest BCUT2D eigenvalue weighted by Crippen LogP contribution is 2.17. The fourth-order valence-electron chi connectivity index (χ4n) is 3.81. The predicted molar refractivity (Wildman–Crippen MR) is 99.7 cm³/mol. The zero-order valence-electron chi connectivity index (χ0n) is 15.3. The van der Waals surface area contributed by atoms with E-state index in [-0.39, 0.29) is 6.03 Å². The number of carbonyl (C=O) groups excluding carboxylic acids is 1. The zero-order chi connectivity index (χ0) is 17.5. The first-order valence-electron chi connectivity index (χ1n) is 9.57. The Morgan fingerprint density at radius 1 is 1.24 bits per heavy atom. The summed E-state index contributed by atoms with van der Waals surface area (Å²) in [5.41, 5.74) is 1.40. The summed E-state index contributed by atoms with van der Waals surface area (Å²) in [6.07, 6.45) is 4.17. The molecule has 2 fully saturated rings. The van der Waals surface area contributed by atoms with Gasteiger partial charge in [0.05, 0.1) is 0 Å². The normalized spacial score (nSPS) is 22.0. The van der Waals surface area contributed by atoms with Crippen molar-refractivity contribution in [2.24, 2.45) is 5.92 Å². The van der Waals surface area contributed by atoms with Gasteiger partial charge in [-0.1, -0.05) is 30.3 Å². The van der Waals surface area contributed by atoms with Gasteiger partial charge in [-0.15, -0.1) is 0 Å². The molecule has 3 rings (SSSR count). The lowest BCUT2D eigenvalue weighted by atomic mass is 10.1. The Labute approximate surface area is 151 Å². The quantitative estimate of drug-likeness (QED) is 0.861. The van der Waals surface area contributed by atoms with E-state index in [9.17, 15) is 4.79 Å². The Kier molecular flexibility index (Phi) is 6.70. The fraction of sp³-hybridized carbons (Fsp3) is 0.650. The molecule has 138 valence electrons.